The van der Waals surface area contributed by atoms with E-state index in [2.05, 4.69) is 11.9 Å². The van der Waals surface area contributed by atoms with Crippen LogP contribution in [0.15, 0.2) is 65.7 Å². The van der Waals surface area contributed by atoms with Crippen LogP contribution in [0.4, 0.5) is 5.82 Å². The van der Waals surface area contributed by atoms with Gasteiger partial charge in [-0.25, -0.2) is 13.4 Å². The van der Waals surface area contributed by atoms with Gasteiger partial charge in [0, 0.05) is 31.4 Å². The van der Waals surface area contributed by atoms with Crippen LogP contribution < -0.4 is 19.1 Å². The van der Waals surface area contributed by atoms with E-state index in [1.54, 1.807) is 39.7 Å². The highest BCUT2D eigenvalue weighted by atomic mass is 32.2. The Bertz CT molecular complexity index is 1350. The molecule has 2 heterocycles. The molecule has 3 aromatic rings. The zero-order chi connectivity index (χ0) is 28.0. The third-order valence-corrected chi connectivity index (χ3v) is 8.88. The number of ether oxygens (including phenoxy) is 3. The second kappa shape index (κ2) is 12.5. The molecule has 10 heteroatoms. The maximum Gasteiger partial charge on any atom is 0.243 e. The minimum absolute atomic E-state index is 0.0315. The first kappa shape index (κ1) is 28.4. The summed E-state index contributed by atoms with van der Waals surface area (Å²) < 4.78 is 44.1. The number of methoxy groups -OCH3 is 3. The SMILES string of the molecule is COc1cc(CN(CC(=O)c2ccc(S(=O)(=O)N3CCC(C)CC3)cc2)c2ccccn2)cc(OC)c1OC. The maximum absolute atomic E-state index is 13.4. The first-order valence-electron chi connectivity index (χ1n) is 12.8. The van der Waals surface area contributed by atoms with Crippen LogP contribution in [0.2, 0.25) is 0 Å². The smallest absolute Gasteiger partial charge is 0.243 e. The number of hydrogen-bond donors (Lipinski definition) is 0. The summed E-state index contributed by atoms with van der Waals surface area (Å²) in [4.78, 5) is 19.9. The molecule has 0 unspecified atom stereocenters. The summed E-state index contributed by atoms with van der Waals surface area (Å²) in [7, 11) is 1.06. The number of aromatic nitrogens is 1. The van der Waals surface area contributed by atoms with Crippen LogP contribution in [0.5, 0.6) is 17.2 Å². The molecular formula is C29H35N3O6S. The molecule has 0 amide bonds. The molecule has 208 valence electrons. The van der Waals surface area contributed by atoms with Crippen molar-refractivity contribution in [1.29, 1.82) is 0 Å². The van der Waals surface area contributed by atoms with E-state index in [0.717, 1.165) is 18.4 Å². The first-order chi connectivity index (χ1) is 18.8. The van der Waals surface area contributed by atoms with E-state index in [0.29, 0.717) is 54.2 Å². The van der Waals surface area contributed by atoms with Gasteiger partial charge in [-0.05, 0) is 72.9 Å². The van der Waals surface area contributed by atoms with Crippen molar-refractivity contribution < 1.29 is 27.4 Å². The number of ketones is 1. The zero-order valence-electron chi connectivity index (χ0n) is 22.8. The number of Topliss-reactive ketones (excluding diaryl/α,β-unsaturated/α-hetero) is 1. The summed E-state index contributed by atoms with van der Waals surface area (Å²) in [5, 5.41) is 0. The third-order valence-electron chi connectivity index (χ3n) is 6.96. The van der Waals surface area contributed by atoms with Crippen LogP contribution in [-0.2, 0) is 16.6 Å². The number of nitrogens with zero attached hydrogens (tertiary/aromatic N) is 3. The molecule has 1 saturated heterocycles. The second-order valence-electron chi connectivity index (χ2n) is 9.61. The van der Waals surface area contributed by atoms with Gasteiger partial charge in [0.1, 0.15) is 5.82 Å². The minimum atomic E-state index is -3.59. The number of piperidine rings is 1. The van der Waals surface area contributed by atoms with Gasteiger partial charge in [-0.2, -0.15) is 4.31 Å². The zero-order valence-corrected chi connectivity index (χ0v) is 23.6. The van der Waals surface area contributed by atoms with E-state index >= 15 is 0 Å². The Morgan fingerprint density at radius 2 is 1.62 bits per heavy atom. The van der Waals surface area contributed by atoms with Gasteiger partial charge in [0.25, 0.3) is 0 Å². The van der Waals surface area contributed by atoms with Crippen molar-refractivity contribution in [2.75, 3.05) is 45.9 Å². The van der Waals surface area contributed by atoms with Crippen molar-refractivity contribution in [2.45, 2.75) is 31.2 Å². The quantitative estimate of drug-likeness (QED) is 0.322. The van der Waals surface area contributed by atoms with E-state index in [9.17, 15) is 13.2 Å². The first-order valence-corrected chi connectivity index (χ1v) is 14.3. The fraction of sp³-hybridized carbons (Fsp3) is 0.379. The molecule has 0 radical (unpaired) electrons. The topological polar surface area (TPSA) is 98.3 Å². The van der Waals surface area contributed by atoms with Gasteiger partial charge in [0.05, 0.1) is 32.8 Å². The Hall–Kier alpha value is -3.63. The van der Waals surface area contributed by atoms with E-state index in [1.165, 1.54) is 16.4 Å². The Morgan fingerprint density at radius 3 is 2.15 bits per heavy atom. The molecule has 1 fully saturated rings. The van der Waals surface area contributed by atoms with Crippen LogP contribution in [0.1, 0.15) is 35.7 Å². The predicted molar refractivity (Wildman–Crippen MR) is 149 cm³/mol. The van der Waals surface area contributed by atoms with E-state index in [-0.39, 0.29) is 17.2 Å². The molecule has 1 aliphatic rings. The average molecular weight is 554 g/mol. The van der Waals surface area contributed by atoms with Crippen molar-refractivity contribution in [3.63, 3.8) is 0 Å². The van der Waals surface area contributed by atoms with Crippen LogP contribution in [0, 0.1) is 5.92 Å². The molecule has 0 bridgehead atoms. The molecule has 0 spiro atoms. The summed E-state index contributed by atoms with van der Waals surface area (Å²) in [5.41, 5.74) is 1.26. The number of rotatable bonds is 11. The number of benzene rings is 2. The lowest BCUT2D eigenvalue weighted by Crippen LogP contribution is -2.37. The number of sulfonamides is 1. The fourth-order valence-corrected chi connectivity index (χ4v) is 6.13. The van der Waals surface area contributed by atoms with Crippen LogP contribution >= 0.6 is 0 Å². The van der Waals surface area contributed by atoms with Crippen molar-refractivity contribution >= 4 is 21.6 Å². The van der Waals surface area contributed by atoms with Crippen molar-refractivity contribution in [3.05, 3.63) is 71.9 Å². The molecular weight excluding hydrogens is 518 g/mol. The molecule has 0 N–H and O–H groups in total. The normalized spacial score (nSPS) is 14.6. The molecule has 4 rings (SSSR count). The van der Waals surface area contributed by atoms with Gasteiger partial charge in [-0.3, -0.25) is 4.79 Å². The molecule has 0 saturated carbocycles. The van der Waals surface area contributed by atoms with Gasteiger partial charge in [-0.1, -0.05) is 13.0 Å². The van der Waals surface area contributed by atoms with Crippen LogP contribution in [0.25, 0.3) is 0 Å². The van der Waals surface area contributed by atoms with Gasteiger partial charge in [0.15, 0.2) is 17.3 Å². The fourth-order valence-electron chi connectivity index (χ4n) is 4.66. The number of carbonyl (C=O) groups is 1. The minimum Gasteiger partial charge on any atom is -0.493 e. The molecule has 2 aromatic carbocycles. The molecule has 9 nitrogen and oxygen atoms in total. The van der Waals surface area contributed by atoms with Crippen molar-refractivity contribution in [1.82, 2.24) is 9.29 Å². The van der Waals surface area contributed by atoms with Crippen molar-refractivity contribution in [3.8, 4) is 17.2 Å². The summed E-state index contributed by atoms with van der Waals surface area (Å²) in [6.45, 7) is 3.55. The van der Waals surface area contributed by atoms with Gasteiger partial charge in [0.2, 0.25) is 15.8 Å². The van der Waals surface area contributed by atoms with E-state index < -0.39 is 10.0 Å². The largest absolute Gasteiger partial charge is 0.493 e. The van der Waals surface area contributed by atoms with Crippen LogP contribution in [-0.4, -0.2) is 64.5 Å². The molecule has 0 aliphatic carbocycles. The second-order valence-corrected chi connectivity index (χ2v) is 11.5. The number of pyridine rings is 1. The standard InChI is InChI=1S/C29H35N3O6S/c1-21-12-15-32(16-13-21)39(34,35)24-10-8-23(9-11-24)25(33)20-31(28-7-5-6-14-30-28)19-22-17-26(36-2)29(38-4)27(18-22)37-3/h5-11,14,17-18,21H,12-13,15-16,19-20H2,1-4H3. The monoisotopic (exact) mass is 553 g/mol. The lowest BCUT2D eigenvalue weighted by molar-refractivity contribution is 0.0998. The maximum atomic E-state index is 13.4. The summed E-state index contributed by atoms with van der Waals surface area (Å²) >= 11 is 0. The molecule has 1 aliphatic heterocycles. The van der Waals surface area contributed by atoms with E-state index in [4.69, 9.17) is 14.2 Å². The van der Waals surface area contributed by atoms with Crippen molar-refractivity contribution in [2.24, 2.45) is 5.92 Å². The summed E-state index contributed by atoms with van der Waals surface area (Å²) in [6.07, 6.45) is 3.37. The summed E-state index contributed by atoms with van der Waals surface area (Å²) in [6, 6.07) is 15.4. The average Bonchev–Trinajstić information content (AvgIpc) is 2.97. The predicted octanol–water partition coefficient (Wildman–Crippen LogP) is 4.42. The van der Waals surface area contributed by atoms with E-state index in [1.807, 2.05) is 35.2 Å². The highest BCUT2D eigenvalue weighted by Gasteiger charge is 2.28. The Kier molecular flexibility index (Phi) is 9.08. The van der Waals surface area contributed by atoms with Gasteiger partial charge < -0.3 is 19.1 Å². The summed E-state index contributed by atoms with van der Waals surface area (Å²) in [5.74, 6) is 2.50. The number of hydrogen-bond acceptors (Lipinski definition) is 8. The Balaban J connectivity index is 1.55. The van der Waals surface area contributed by atoms with Gasteiger partial charge >= 0.3 is 0 Å². The Morgan fingerprint density at radius 1 is 0.974 bits per heavy atom. The molecule has 39 heavy (non-hydrogen) atoms. The van der Waals surface area contributed by atoms with Crippen LogP contribution in [0.3, 0.4) is 0 Å². The number of anilines is 1. The van der Waals surface area contributed by atoms with Gasteiger partial charge in [-0.15, -0.1) is 0 Å². The Labute approximate surface area is 230 Å². The number of carbonyl (C=O) groups excluding carboxylic acids is 1. The highest BCUT2D eigenvalue weighted by molar-refractivity contribution is 7.89. The lowest BCUT2D eigenvalue weighted by Gasteiger charge is -2.29. The molecule has 1 aromatic heterocycles. The lowest BCUT2D eigenvalue weighted by atomic mass is 10.0. The highest BCUT2D eigenvalue weighted by Crippen LogP contribution is 2.38. The molecule has 0 atom stereocenters. The third kappa shape index (κ3) is 6.51.